The van der Waals surface area contributed by atoms with Crippen LogP contribution in [0.1, 0.15) is 42.1 Å². The van der Waals surface area contributed by atoms with Gasteiger partial charge in [0.2, 0.25) is 0 Å². The molecule has 0 radical (unpaired) electrons. The van der Waals surface area contributed by atoms with Gasteiger partial charge in [0.25, 0.3) is 17.4 Å². The molecule has 190 valence electrons. The maximum Gasteiger partial charge on any atom is 0.300 e. The molecule has 1 aliphatic heterocycles. The Kier molecular flexibility index (Phi) is 7.11. The maximum atomic E-state index is 13.4. The first-order chi connectivity index (χ1) is 17.7. The van der Waals surface area contributed by atoms with Crippen molar-refractivity contribution in [1.82, 2.24) is 0 Å². The summed E-state index contributed by atoms with van der Waals surface area (Å²) in [4.78, 5) is 41.0. The number of amides is 1. The second-order valence-corrected chi connectivity index (χ2v) is 9.03. The number of hydrogen-bond acceptors (Lipinski definition) is 6. The summed E-state index contributed by atoms with van der Waals surface area (Å²) in [6.07, 6.45) is 0. The number of benzene rings is 3. The van der Waals surface area contributed by atoms with Crippen LogP contribution in [-0.4, -0.2) is 34.8 Å². The van der Waals surface area contributed by atoms with Crippen molar-refractivity contribution in [3.63, 3.8) is 0 Å². The zero-order valence-electron chi connectivity index (χ0n) is 21.3. The first-order valence-corrected chi connectivity index (χ1v) is 12.2. The molecule has 1 aliphatic rings. The number of carbonyl (C=O) groups is 2. The fourth-order valence-electron chi connectivity index (χ4n) is 4.73. The number of aryl methyl sites for hydroxylation is 2. The average Bonchev–Trinajstić information content (AvgIpc) is 3.16. The Balaban J connectivity index is 1.92. The lowest BCUT2D eigenvalue weighted by Crippen LogP contribution is -2.30. The van der Waals surface area contributed by atoms with Crippen molar-refractivity contribution in [2.24, 2.45) is 0 Å². The number of nitro groups is 1. The molecule has 3 aromatic rings. The Morgan fingerprint density at radius 1 is 0.973 bits per heavy atom. The van der Waals surface area contributed by atoms with E-state index < -0.39 is 22.7 Å². The lowest BCUT2D eigenvalue weighted by Gasteiger charge is -2.28. The van der Waals surface area contributed by atoms with Gasteiger partial charge in [-0.25, -0.2) is 0 Å². The highest BCUT2D eigenvalue weighted by atomic mass is 16.6. The second-order valence-electron chi connectivity index (χ2n) is 9.03. The summed E-state index contributed by atoms with van der Waals surface area (Å²) in [5.74, 6) is -1.93. The summed E-state index contributed by atoms with van der Waals surface area (Å²) in [6, 6.07) is 17.7. The molecule has 1 saturated heterocycles. The summed E-state index contributed by atoms with van der Waals surface area (Å²) in [7, 11) is 0. The molecule has 37 heavy (non-hydrogen) atoms. The largest absolute Gasteiger partial charge is 0.507 e. The SMILES string of the molecule is CCN(CC)c1ccc(C2/C(=C(/O)c3ccc([N+](=O)[O-])cc3)C(=O)C(=O)N2c2cc(C)ccc2C)cc1. The number of nitro benzene ring substituents is 1. The Hall–Kier alpha value is -4.46. The third-order valence-corrected chi connectivity index (χ3v) is 6.76. The molecule has 0 aliphatic carbocycles. The molecular weight excluding hydrogens is 470 g/mol. The highest BCUT2D eigenvalue weighted by molar-refractivity contribution is 6.51. The standard InChI is InChI=1S/C29H29N3O5/c1-5-30(6-2)22-13-9-20(10-14-22)26-25(27(33)21-11-15-23(16-12-21)32(36)37)28(34)29(35)31(26)24-17-18(3)7-8-19(24)4/h7-17,26,33H,5-6H2,1-4H3/b27-25-. The van der Waals surface area contributed by atoms with Gasteiger partial charge in [-0.2, -0.15) is 0 Å². The smallest absolute Gasteiger partial charge is 0.300 e. The Morgan fingerprint density at radius 2 is 1.59 bits per heavy atom. The van der Waals surface area contributed by atoms with Gasteiger partial charge in [0.15, 0.2) is 0 Å². The summed E-state index contributed by atoms with van der Waals surface area (Å²) in [5.41, 5.74) is 4.01. The van der Waals surface area contributed by atoms with Crippen molar-refractivity contribution in [2.75, 3.05) is 22.9 Å². The van der Waals surface area contributed by atoms with E-state index in [4.69, 9.17) is 0 Å². The summed E-state index contributed by atoms with van der Waals surface area (Å²) in [5, 5.41) is 22.3. The lowest BCUT2D eigenvalue weighted by molar-refractivity contribution is -0.384. The summed E-state index contributed by atoms with van der Waals surface area (Å²) in [6.45, 7) is 9.57. The summed E-state index contributed by atoms with van der Waals surface area (Å²) >= 11 is 0. The lowest BCUT2D eigenvalue weighted by atomic mass is 9.94. The fourth-order valence-corrected chi connectivity index (χ4v) is 4.73. The van der Waals surface area contributed by atoms with Crippen molar-refractivity contribution in [1.29, 1.82) is 0 Å². The topological polar surface area (TPSA) is 104 Å². The number of anilines is 2. The van der Waals surface area contributed by atoms with Gasteiger partial charge in [-0.3, -0.25) is 24.6 Å². The van der Waals surface area contributed by atoms with E-state index in [0.717, 1.165) is 29.9 Å². The predicted octanol–water partition coefficient (Wildman–Crippen LogP) is 5.68. The van der Waals surface area contributed by atoms with Gasteiger partial charge in [0, 0.05) is 42.2 Å². The number of aliphatic hydroxyl groups excluding tert-OH is 1. The number of ketones is 1. The van der Waals surface area contributed by atoms with Crippen molar-refractivity contribution in [2.45, 2.75) is 33.7 Å². The van der Waals surface area contributed by atoms with Crippen LogP contribution in [0.3, 0.4) is 0 Å². The molecule has 1 N–H and O–H groups in total. The molecule has 8 heteroatoms. The van der Waals surface area contributed by atoms with Gasteiger partial charge in [0.1, 0.15) is 5.76 Å². The van der Waals surface area contributed by atoms with Crippen LogP contribution in [0.4, 0.5) is 17.1 Å². The fraction of sp³-hybridized carbons (Fsp3) is 0.241. The normalized spacial score (nSPS) is 16.8. The van der Waals surface area contributed by atoms with Crippen molar-refractivity contribution < 1.29 is 19.6 Å². The van der Waals surface area contributed by atoms with Gasteiger partial charge in [-0.05, 0) is 74.7 Å². The van der Waals surface area contributed by atoms with Crippen LogP contribution in [0.15, 0.2) is 72.3 Å². The first kappa shape index (κ1) is 25.6. The van der Waals surface area contributed by atoms with E-state index in [1.165, 1.54) is 29.2 Å². The number of aliphatic hydroxyl groups is 1. The Bertz CT molecular complexity index is 1390. The molecule has 3 aromatic carbocycles. The zero-order chi connectivity index (χ0) is 26.9. The molecule has 1 atom stereocenters. The molecule has 1 fully saturated rings. The number of rotatable bonds is 7. The average molecular weight is 500 g/mol. The van der Waals surface area contributed by atoms with Crippen LogP contribution in [0.25, 0.3) is 5.76 Å². The maximum absolute atomic E-state index is 13.4. The molecule has 1 heterocycles. The van der Waals surface area contributed by atoms with Crippen molar-refractivity contribution >= 4 is 34.5 Å². The molecule has 8 nitrogen and oxygen atoms in total. The number of non-ortho nitro benzene ring substituents is 1. The molecule has 0 saturated carbocycles. The third kappa shape index (κ3) is 4.70. The molecule has 0 bridgehead atoms. The zero-order valence-corrected chi connectivity index (χ0v) is 21.3. The van der Waals surface area contributed by atoms with E-state index in [9.17, 15) is 24.8 Å². The quantitative estimate of drug-likeness (QED) is 0.147. The Labute approximate surface area is 215 Å². The molecule has 1 amide bonds. The van der Waals surface area contributed by atoms with E-state index in [1.54, 1.807) is 0 Å². The minimum atomic E-state index is -0.874. The van der Waals surface area contributed by atoms with Gasteiger partial charge < -0.3 is 10.0 Å². The Morgan fingerprint density at radius 3 is 2.16 bits per heavy atom. The molecule has 1 unspecified atom stereocenters. The number of nitrogens with zero attached hydrogens (tertiary/aromatic N) is 3. The van der Waals surface area contributed by atoms with Gasteiger partial charge in [0.05, 0.1) is 16.5 Å². The third-order valence-electron chi connectivity index (χ3n) is 6.76. The van der Waals surface area contributed by atoms with Crippen molar-refractivity contribution in [3.05, 3.63) is 105 Å². The first-order valence-electron chi connectivity index (χ1n) is 12.2. The van der Waals surface area contributed by atoms with Gasteiger partial charge in [-0.1, -0.05) is 24.3 Å². The van der Waals surface area contributed by atoms with Crippen LogP contribution in [0.2, 0.25) is 0 Å². The molecule has 0 aromatic heterocycles. The highest BCUT2D eigenvalue weighted by Gasteiger charge is 2.47. The van der Waals surface area contributed by atoms with E-state index in [0.29, 0.717) is 11.3 Å². The van der Waals surface area contributed by atoms with Crippen LogP contribution >= 0.6 is 0 Å². The molecule has 0 spiro atoms. The van der Waals surface area contributed by atoms with E-state index in [-0.39, 0.29) is 22.6 Å². The second kappa shape index (κ2) is 10.3. The highest BCUT2D eigenvalue weighted by Crippen LogP contribution is 2.43. The van der Waals surface area contributed by atoms with Crippen LogP contribution in [-0.2, 0) is 9.59 Å². The van der Waals surface area contributed by atoms with Crippen molar-refractivity contribution in [3.8, 4) is 0 Å². The van der Waals surface area contributed by atoms with Crippen LogP contribution in [0, 0.1) is 24.0 Å². The minimum Gasteiger partial charge on any atom is -0.507 e. The van der Waals surface area contributed by atoms with Gasteiger partial charge in [-0.15, -0.1) is 0 Å². The van der Waals surface area contributed by atoms with E-state index >= 15 is 0 Å². The number of hydrogen-bond donors (Lipinski definition) is 1. The monoisotopic (exact) mass is 499 g/mol. The molecule has 4 rings (SSSR count). The van der Waals surface area contributed by atoms with Crippen LogP contribution < -0.4 is 9.80 Å². The van der Waals surface area contributed by atoms with Crippen LogP contribution in [0.5, 0.6) is 0 Å². The van der Waals surface area contributed by atoms with E-state index in [2.05, 4.69) is 18.7 Å². The van der Waals surface area contributed by atoms with Gasteiger partial charge >= 0.3 is 0 Å². The molecular formula is C29H29N3O5. The van der Waals surface area contributed by atoms with E-state index in [1.807, 2.05) is 56.3 Å². The predicted molar refractivity (Wildman–Crippen MR) is 144 cm³/mol. The summed E-state index contributed by atoms with van der Waals surface area (Å²) < 4.78 is 0. The number of Topliss-reactive ketones (excluding diaryl/α,β-unsaturated/α-hetero) is 1. The number of carbonyl (C=O) groups excluding carboxylic acids is 2. The minimum absolute atomic E-state index is 0.0599.